The van der Waals surface area contributed by atoms with Gasteiger partial charge in [0.15, 0.2) is 0 Å². The average Bonchev–Trinajstić information content (AvgIpc) is 3.73. The molecule has 0 saturated carbocycles. The lowest BCUT2D eigenvalue weighted by Crippen LogP contribution is -2.43. The second kappa shape index (κ2) is 14.1. The molecule has 3 aromatic heterocycles. The molecule has 48 heavy (non-hydrogen) atoms. The van der Waals surface area contributed by atoms with Crippen molar-refractivity contribution in [1.82, 2.24) is 39.5 Å². The normalized spacial score (nSPS) is 14.2. The van der Waals surface area contributed by atoms with Gasteiger partial charge in [0, 0.05) is 60.6 Å². The highest BCUT2D eigenvalue weighted by Crippen LogP contribution is 2.33. The predicted octanol–water partition coefficient (Wildman–Crippen LogP) is 7.25. The van der Waals surface area contributed by atoms with Crippen LogP contribution in [0, 0.1) is 0 Å². The van der Waals surface area contributed by atoms with E-state index in [1.807, 2.05) is 65.5 Å². The minimum atomic E-state index is 0.484. The molecule has 1 aliphatic rings. The first kappa shape index (κ1) is 31.8. The number of aromatic nitrogens is 6. The van der Waals surface area contributed by atoms with Crippen LogP contribution >= 0.6 is 11.6 Å². The maximum atomic E-state index is 6.41. The van der Waals surface area contributed by atoms with Gasteiger partial charge in [-0.3, -0.25) is 9.58 Å². The molecule has 0 spiro atoms. The highest BCUT2D eigenvalue weighted by Gasteiger charge is 2.21. The fourth-order valence-corrected chi connectivity index (χ4v) is 6.41. The molecule has 1 saturated heterocycles. The minimum absolute atomic E-state index is 0.484. The fourth-order valence-electron chi connectivity index (χ4n) is 6.21. The smallest absolute Gasteiger partial charge is 0.227 e. The fraction of sp³-hybridized carbons (Fsp3) is 0.297. The van der Waals surface area contributed by atoms with Crippen LogP contribution in [0.1, 0.15) is 31.2 Å². The number of piperidine rings is 1. The molecule has 7 rings (SSSR count). The zero-order valence-electron chi connectivity index (χ0n) is 27.5. The van der Waals surface area contributed by atoms with Crippen molar-refractivity contribution < 1.29 is 4.74 Å². The van der Waals surface area contributed by atoms with Crippen molar-refractivity contribution in [2.75, 3.05) is 39.2 Å². The lowest BCUT2D eigenvalue weighted by Gasteiger charge is -2.34. The molecular formula is C37H40ClN9O. The summed E-state index contributed by atoms with van der Waals surface area (Å²) < 4.78 is 8.23. The Bertz CT molecular complexity index is 2010. The molecule has 0 aliphatic carbocycles. The third kappa shape index (κ3) is 7.06. The van der Waals surface area contributed by atoms with Gasteiger partial charge in [-0.05, 0) is 75.8 Å². The highest BCUT2D eigenvalue weighted by molar-refractivity contribution is 6.31. The first-order valence-corrected chi connectivity index (χ1v) is 16.8. The van der Waals surface area contributed by atoms with Gasteiger partial charge in [0.2, 0.25) is 5.95 Å². The number of nitrogens with zero attached hydrogens (tertiary/aromatic N) is 7. The Kier molecular flexibility index (Phi) is 9.38. The van der Waals surface area contributed by atoms with Gasteiger partial charge in [0.05, 0.1) is 22.4 Å². The third-order valence-corrected chi connectivity index (χ3v) is 9.33. The molecule has 246 valence electrons. The van der Waals surface area contributed by atoms with E-state index >= 15 is 0 Å². The van der Waals surface area contributed by atoms with E-state index in [-0.39, 0.29) is 0 Å². The monoisotopic (exact) mass is 661 g/mol. The van der Waals surface area contributed by atoms with E-state index in [0.717, 1.165) is 93.9 Å². The summed E-state index contributed by atoms with van der Waals surface area (Å²) in [6.07, 6.45) is 6.73. The second-order valence-corrected chi connectivity index (χ2v) is 12.8. The SMILES string of the molecule is CCn1cc(-c2ccnc(Nc3ccccc3OCN3CCC(N(C)C)CC3)n2)c(-c2ccc3[nH]c(Cc4ccccc4Cl)nc3c2)n1. The topological polar surface area (TPSA) is 100 Å². The molecule has 4 heterocycles. The Hall–Kier alpha value is -4.77. The zero-order valence-corrected chi connectivity index (χ0v) is 28.3. The third-order valence-electron chi connectivity index (χ3n) is 8.96. The summed E-state index contributed by atoms with van der Waals surface area (Å²) in [5, 5.41) is 9.07. The molecule has 0 unspecified atom stereocenters. The molecule has 3 aromatic carbocycles. The Morgan fingerprint density at radius 2 is 1.81 bits per heavy atom. The number of aryl methyl sites for hydroxylation is 1. The Morgan fingerprint density at radius 3 is 2.62 bits per heavy atom. The maximum Gasteiger partial charge on any atom is 0.227 e. The number of aromatic amines is 1. The lowest BCUT2D eigenvalue weighted by molar-refractivity contribution is 0.0760. The number of hydrogen-bond donors (Lipinski definition) is 2. The van der Waals surface area contributed by atoms with Crippen molar-refractivity contribution in [3.63, 3.8) is 0 Å². The molecule has 10 nitrogen and oxygen atoms in total. The zero-order chi connectivity index (χ0) is 33.0. The summed E-state index contributed by atoms with van der Waals surface area (Å²) in [5.74, 6) is 2.11. The minimum Gasteiger partial charge on any atom is -0.476 e. The number of imidazole rings is 1. The Labute approximate surface area is 285 Å². The Balaban J connectivity index is 1.11. The van der Waals surface area contributed by atoms with Gasteiger partial charge in [-0.1, -0.05) is 48.0 Å². The lowest BCUT2D eigenvalue weighted by atomic mass is 10.1. The number of fused-ring (bicyclic) bond motifs is 1. The van der Waals surface area contributed by atoms with Crippen LogP contribution in [0.3, 0.4) is 0 Å². The van der Waals surface area contributed by atoms with E-state index < -0.39 is 0 Å². The second-order valence-electron chi connectivity index (χ2n) is 12.4. The number of anilines is 2. The number of halogens is 1. The number of benzene rings is 3. The molecule has 0 radical (unpaired) electrons. The van der Waals surface area contributed by atoms with Crippen LogP contribution in [0.15, 0.2) is 85.2 Å². The van der Waals surface area contributed by atoms with Gasteiger partial charge in [-0.25, -0.2) is 15.0 Å². The van der Waals surface area contributed by atoms with Crippen molar-refractivity contribution in [3.05, 3.63) is 102 Å². The molecule has 0 bridgehead atoms. The van der Waals surface area contributed by atoms with E-state index in [1.54, 1.807) is 6.20 Å². The number of para-hydroxylation sites is 2. The van der Waals surface area contributed by atoms with Crippen LogP contribution in [0.2, 0.25) is 5.02 Å². The summed E-state index contributed by atoms with van der Waals surface area (Å²) in [6.45, 7) is 5.39. The van der Waals surface area contributed by atoms with Crippen molar-refractivity contribution in [1.29, 1.82) is 0 Å². The van der Waals surface area contributed by atoms with Crippen molar-refractivity contribution in [3.8, 4) is 28.3 Å². The van der Waals surface area contributed by atoms with Crippen molar-refractivity contribution >= 4 is 34.3 Å². The van der Waals surface area contributed by atoms with Crippen molar-refractivity contribution in [2.24, 2.45) is 0 Å². The summed E-state index contributed by atoms with van der Waals surface area (Å²) in [6, 6.07) is 24.5. The summed E-state index contributed by atoms with van der Waals surface area (Å²) in [5.41, 5.74) is 7.16. The predicted molar refractivity (Wildman–Crippen MR) is 192 cm³/mol. The van der Waals surface area contributed by atoms with Crippen LogP contribution in [0.5, 0.6) is 5.75 Å². The van der Waals surface area contributed by atoms with Crippen LogP contribution in [0.25, 0.3) is 33.5 Å². The molecule has 2 N–H and O–H groups in total. The number of nitrogens with one attached hydrogen (secondary N) is 2. The van der Waals surface area contributed by atoms with Crippen LogP contribution in [-0.2, 0) is 13.0 Å². The quantitative estimate of drug-likeness (QED) is 0.150. The summed E-state index contributed by atoms with van der Waals surface area (Å²) in [7, 11) is 4.32. The number of ether oxygens (including phenoxy) is 1. The van der Waals surface area contributed by atoms with E-state index in [2.05, 4.69) is 64.3 Å². The van der Waals surface area contributed by atoms with Gasteiger partial charge >= 0.3 is 0 Å². The van der Waals surface area contributed by atoms with Gasteiger partial charge < -0.3 is 19.9 Å². The van der Waals surface area contributed by atoms with Crippen molar-refractivity contribution in [2.45, 2.75) is 38.8 Å². The first-order chi connectivity index (χ1) is 23.4. The number of hydrogen-bond acceptors (Lipinski definition) is 8. The largest absolute Gasteiger partial charge is 0.476 e. The van der Waals surface area contributed by atoms with Crippen LogP contribution in [-0.4, -0.2) is 79.5 Å². The van der Waals surface area contributed by atoms with E-state index in [4.69, 9.17) is 31.4 Å². The Morgan fingerprint density at radius 1 is 1.00 bits per heavy atom. The van der Waals surface area contributed by atoms with Gasteiger partial charge in [0.25, 0.3) is 0 Å². The summed E-state index contributed by atoms with van der Waals surface area (Å²) >= 11 is 6.41. The molecule has 0 atom stereocenters. The molecule has 1 aliphatic heterocycles. The van der Waals surface area contributed by atoms with E-state index in [9.17, 15) is 0 Å². The average molecular weight is 662 g/mol. The molecule has 0 amide bonds. The molecular weight excluding hydrogens is 622 g/mol. The van der Waals surface area contributed by atoms with Crippen LogP contribution in [0.4, 0.5) is 11.6 Å². The number of H-pyrrole nitrogens is 1. The molecule has 11 heteroatoms. The van der Waals surface area contributed by atoms with Gasteiger partial charge in [-0.15, -0.1) is 0 Å². The standard InChI is InChI=1S/C37H40ClN9O/c1-4-47-23-28(36(44-47)26-13-14-31-33(21-26)41-35(40-31)22-25-9-5-6-10-29(25)38)30-15-18-39-37(42-30)43-32-11-7-8-12-34(32)48-24-46-19-16-27(17-20-46)45(2)3/h5-15,18,21,23,27H,4,16-17,19-20,22,24H2,1-3H3,(H,40,41)(H,39,42,43). The molecule has 1 fully saturated rings. The summed E-state index contributed by atoms with van der Waals surface area (Å²) in [4.78, 5) is 22.5. The number of likely N-dealkylation sites (tertiary alicyclic amines) is 1. The maximum absolute atomic E-state index is 6.41. The van der Waals surface area contributed by atoms with E-state index in [0.29, 0.717) is 25.1 Å². The van der Waals surface area contributed by atoms with Gasteiger partial charge in [-0.2, -0.15) is 5.10 Å². The van der Waals surface area contributed by atoms with Crippen LogP contribution < -0.4 is 10.1 Å². The van der Waals surface area contributed by atoms with E-state index in [1.165, 1.54) is 0 Å². The molecule has 6 aromatic rings. The first-order valence-electron chi connectivity index (χ1n) is 16.4. The van der Waals surface area contributed by atoms with Gasteiger partial charge in [0.1, 0.15) is 24.0 Å². The number of rotatable bonds is 11. The highest BCUT2D eigenvalue weighted by atomic mass is 35.5.